The average molecular weight is 267 g/mol. The maximum Gasteiger partial charge on any atom is 0.223 e. The van der Waals surface area contributed by atoms with E-state index in [4.69, 9.17) is 10.9 Å². The van der Waals surface area contributed by atoms with Gasteiger partial charge in [-0.15, -0.1) is 0 Å². The van der Waals surface area contributed by atoms with E-state index in [9.17, 15) is 4.79 Å². The number of rotatable bonds is 3. The molecule has 0 saturated heterocycles. The molecular formula is C14H25N3O2. The van der Waals surface area contributed by atoms with Gasteiger partial charge in [-0.1, -0.05) is 31.8 Å². The topological polar surface area (TPSA) is 87.7 Å². The molecule has 19 heavy (non-hydrogen) atoms. The lowest BCUT2D eigenvalue weighted by molar-refractivity contribution is -0.128. The van der Waals surface area contributed by atoms with Crippen LogP contribution in [-0.4, -0.2) is 23.0 Å². The lowest BCUT2D eigenvalue weighted by Gasteiger charge is -2.28. The monoisotopic (exact) mass is 267 g/mol. The van der Waals surface area contributed by atoms with E-state index in [0.717, 1.165) is 38.5 Å². The van der Waals surface area contributed by atoms with Crippen molar-refractivity contribution in [2.45, 2.75) is 58.4 Å². The smallest absolute Gasteiger partial charge is 0.223 e. The number of hydrogen-bond acceptors (Lipinski definition) is 3. The lowest BCUT2D eigenvalue weighted by atomic mass is 9.81. The van der Waals surface area contributed by atoms with Crippen LogP contribution in [0, 0.1) is 17.3 Å². The van der Waals surface area contributed by atoms with E-state index in [0.29, 0.717) is 0 Å². The SMILES string of the molecule is CC1(C)CCCC1C(=O)NC1CCCC1C(N)=NO. The fourth-order valence-corrected chi connectivity index (χ4v) is 3.66. The molecule has 2 rings (SSSR count). The van der Waals surface area contributed by atoms with Crippen LogP contribution in [0.5, 0.6) is 0 Å². The van der Waals surface area contributed by atoms with Gasteiger partial charge in [0, 0.05) is 17.9 Å². The molecule has 3 atom stereocenters. The standard InChI is InChI=1S/C14H25N3O2/c1-14(2)8-4-6-10(14)13(18)16-11-7-3-5-9(11)12(15)17-19/h9-11,19H,3-8H2,1-2H3,(H2,15,17)(H,16,18). The van der Waals surface area contributed by atoms with Crippen LogP contribution in [0.2, 0.25) is 0 Å². The first kappa shape index (κ1) is 14.2. The van der Waals surface area contributed by atoms with Gasteiger partial charge in [0.25, 0.3) is 0 Å². The minimum atomic E-state index is -0.0153. The quantitative estimate of drug-likeness (QED) is 0.315. The van der Waals surface area contributed by atoms with Crippen LogP contribution in [0.3, 0.4) is 0 Å². The number of amides is 1. The van der Waals surface area contributed by atoms with Crippen LogP contribution in [-0.2, 0) is 4.79 Å². The Morgan fingerprint density at radius 1 is 1.32 bits per heavy atom. The van der Waals surface area contributed by atoms with Crippen LogP contribution in [0.15, 0.2) is 5.16 Å². The lowest BCUT2D eigenvalue weighted by Crippen LogP contribution is -2.46. The third-order valence-corrected chi connectivity index (χ3v) is 4.91. The summed E-state index contributed by atoms with van der Waals surface area (Å²) in [5.41, 5.74) is 5.79. The van der Waals surface area contributed by atoms with Crippen molar-refractivity contribution < 1.29 is 10.0 Å². The normalized spacial score (nSPS) is 34.4. The van der Waals surface area contributed by atoms with Crippen molar-refractivity contribution in [2.75, 3.05) is 0 Å². The number of carbonyl (C=O) groups excluding carboxylic acids is 1. The summed E-state index contributed by atoms with van der Waals surface area (Å²) in [6.07, 6.45) is 6.02. The molecule has 2 fully saturated rings. The molecular weight excluding hydrogens is 242 g/mol. The molecule has 0 aliphatic heterocycles. The third-order valence-electron chi connectivity index (χ3n) is 4.91. The van der Waals surface area contributed by atoms with E-state index in [-0.39, 0.29) is 35.0 Å². The van der Waals surface area contributed by atoms with Crippen LogP contribution in [0.1, 0.15) is 52.4 Å². The Hall–Kier alpha value is -1.26. The molecule has 0 spiro atoms. The maximum atomic E-state index is 12.4. The Bertz CT molecular complexity index is 379. The summed E-state index contributed by atoms with van der Waals surface area (Å²) in [6.45, 7) is 4.33. The number of nitrogens with zero attached hydrogens (tertiary/aromatic N) is 1. The van der Waals surface area contributed by atoms with Crippen molar-refractivity contribution in [2.24, 2.45) is 28.1 Å². The number of nitrogens with one attached hydrogen (secondary N) is 1. The first-order valence-electron chi connectivity index (χ1n) is 7.23. The summed E-state index contributed by atoms with van der Waals surface area (Å²) in [5, 5.41) is 15.0. The van der Waals surface area contributed by atoms with E-state index in [1.165, 1.54) is 0 Å². The Morgan fingerprint density at radius 2 is 2.05 bits per heavy atom. The molecule has 2 aliphatic carbocycles. The van der Waals surface area contributed by atoms with E-state index in [2.05, 4.69) is 24.3 Å². The van der Waals surface area contributed by atoms with Gasteiger partial charge in [0.05, 0.1) is 0 Å². The second-order valence-electron chi connectivity index (χ2n) is 6.61. The predicted octanol–water partition coefficient (Wildman–Crippen LogP) is 1.84. The molecule has 1 amide bonds. The molecule has 5 nitrogen and oxygen atoms in total. The molecule has 0 aromatic heterocycles. The number of carbonyl (C=O) groups is 1. The highest BCUT2D eigenvalue weighted by Crippen LogP contribution is 2.42. The second kappa shape index (κ2) is 5.39. The van der Waals surface area contributed by atoms with Crippen molar-refractivity contribution in [1.82, 2.24) is 5.32 Å². The molecule has 4 N–H and O–H groups in total. The van der Waals surface area contributed by atoms with Gasteiger partial charge in [-0.25, -0.2) is 0 Å². The van der Waals surface area contributed by atoms with E-state index in [1.807, 2.05) is 0 Å². The average Bonchev–Trinajstić information content (AvgIpc) is 2.94. The fraction of sp³-hybridized carbons (Fsp3) is 0.857. The zero-order valence-corrected chi connectivity index (χ0v) is 11.9. The summed E-state index contributed by atoms with van der Waals surface area (Å²) in [6, 6.07) is 0.0276. The zero-order valence-electron chi connectivity index (χ0n) is 11.9. The van der Waals surface area contributed by atoms with Gasteiger partial charge in [-0.3, -0.25) is 4.79 Å². The minimum Gasteiger partial charge on any atom is -0.409 e. The third kappa shape index (κ3) is 2.85. The molecule has 2 aliphatic rings. The summed E-state index contributed by atoms with van der Waals surface area (Å²) in [7, 11) is 0. The number of oxime groups is 1. The van der Waals surface area contributed by atoms with Crippen LogP contribution in [0.4, 0.5) is 0 Å². The summed E-state index contributed by atoms with van der Waals surface area (Å²) < 4.78 is 0. The number of nitrogens with two attached hydrogens (primary N) is 1. The van der Waals surface area contributed by atoms with E-state index < -0.39 is 0 Å². The highest BCUT2D eigenvalue weighted by atomic mass is 16.4. The fourth-order valence-electron chi connectivity index (χ4n) is 3.66. The van der Waals surface area contributed by atoms with Crippen LogP contribution in [0.25, 0.3) is 0 Å². The minimum absolute atomic E-state index is 0.0153. The van der Waals surface area contributed by atoms with Gasteiger partial charge in [0.15, 0.2) is 0 Å². The summed E-state index contributed by atoms with van der Waals surface area (Å²) >= 11 is 0. The molecule has 108 valence electrons. The van der Waals surface area contributed by atoms with E-state index >= 15 is 0 Å². The van der Waals surface area contributed by atoms with Gasteiger partial charge < -0.3 is 16.3 Å². The van der Waals surface area contributed by atoms with Crippen LogP contribution < -0.4 is 11.1 Å². The molecule has 0 bridgehead atoms. The zero-order chi connectivity index (χ0) is 14.0. The van der Waals surface area contributed by atoms with E-state index in [1.54, 1.807) is 0 Å². The van der Waals surface area contributed by atoms with Gasteiger partial charge in [0.1, 0.15) is 5.84 Å². The number of amidine groups is 1. The molecule has 0 aromatic rings. The van der Waals surface area contributed by atoms with Crippen molar-refractivity contribution in [3.63, 3.8) is 0 Å². The molecule has 0 radical (unpaired) electrons. The maximum absolute atomic E-state index is 12.4. The number of hydrogen-bond donors (Lipinski definition) is 3. The van der Waals surface area contributed by atoms with Gasteiger partial charge in [-0.05, 0) is 31.1 Å². The largest absolute Gasteiger partial charge is 0.409 e. The van der Waals surface area contributed by atoms with Gasteiger partial charge >= 0.3 is 0 Å². The molecule has 3 unspecified atom stereocenters. The van der Waals surface area contributed by atoms with Gasteiger partial charge in [-0.2, -0.15) is 0 Å². The summed E-state index contributed by atoms with van der Waals surface area (Å²) in [4.78, 5) is 12.4. The second-order valence-corrected chi connectivity index (χ2v) is 6.61. The molecule has 2 saturated carbocycles. The van der Waals surface area contributed by atoms with Crippen molar-refractivity contribution in [1.29, 1.82) is 0 Å². The highest BCUT2D eigenvalue weighted by molar-refractivity contribution is 5.85. The van der Waals surface area contributed by atoms with Crippen LogP contribution >= 0.6 is 0 Å². The molecule has 5 heteroatoms. The van der Waals surface area contributed by atoms with Gasteiger partial charge in [0.2, 0.25) is 5.91 Å². The molecule has 0 aromatic carbocycles. The molecule has 0 heterocycles. The first-order chi connectivity index (χ1) is 8.95. The summed E-state index contributed by atoms with van der Waals surface area (Å²) in [5.74, 6) is 0.470. The predicted molar refractivity (Wildman–Crippen MR) is 73.8 cm³/mol. The highest BCUT2D eigenvalue weighted by Gasteiger charge is 2.41. The Labute approximate surface area is 114 Å². The van der Waals surface area contributed by atoms with Crippen molar-refractivity contribution in [3.05, 3.63) is 0 Å². The Kier molecular flexibility index (Phi) is 4.02. The Morgan fingerprint density at radius 3 is 2.63 bits per heavy atom. The van der Waals surface area contributed by atoms with Crippen molar-refractivity contribution in [3.8, 4) is 0 Å². The Balaban J connectivity index is 1.99. The van der Waals surface area contributed by atoms with Crippen molar-refractivity contribution >= 4 is 11.7 Å². The first-order valence-corrected chi connectivity index (χ1v) is 7.23.